The summed E-state index contributed by atoms with van der Waals surface area (Å²) < 4.78 is 1.41. The zero-order chi connectivity index (χ0) is 22.7. The molecule has 1 aliphatic rings. The van der Waals surface area contributed by atoms with Gasteiger partial charge in [0.2, 0.25) is 11.8 Å². The Morgan fingerprint density at radius 2 is 1.84 bits per heavy atom. The summed E-state index contributed by atoms with van der Waals surface area (Å²) in [6.07, 6.45) is 1.47. The van der Waals surface area contributed by atoms with E-state index in [2.05, 4.69) is 9.88 Å². The quantitative estimate of drug-likeness (QED) is 0.526. The molecule has 8 nitrogen and oxygen atoms in total. The number of hydrogen-bond donors (Lipinski definition) is 0. The van der Waals surface area contributed by atoms with Crippen molar-refractivity contribution in [1.29, 1.82) is 0 Å². The van der Waals surface area contributed by atoms with Crippen LogP contribution < -0.4 is 5.56 Å². The van der Waals surface area contributed by atoms with E-state index >= 15 is 0 Å². The highest BCUT2D eigenvalue weighted by Gasteiger charge is 2.24. The maximum atomic E-state index is 13.1. The molecular formula is C22H27N5O3S2. The van der Waals surface area contributed by atoms with Crippen LogP contribution in [-0.2, 0) is 16.1 Å². The van der Waals surface area contributed by atoms with Crippen LogP contribution in [0.1, 0.15) is 13.8 Å². The number of piperazine rings is 1. The predicted molar refractivity (Wildman–Crippen MR) is 128 cm³/mol. The van der Waals surface area contributed by atoms with Gasteiger partial charge in [0.15, 0.2) is 0 Å². The fraction of sp³-hybridized carbons (Fsp3) is 0.455. The molecule has 4 heterocycles. The fourth-order valence-corrected chi connectivity index (χ4v) is 5.68. The number of hydrogen-bond acceptors (Lipinski definition) is 7. The number of carbonyl (C=O) groups is 2. The molecule has 0 aromatic carbocycles. The first-order valence-electron chi connectivity index (χ1n) is 10.8. The summed E-state index contributed by atoms with van der Waals surface area (Å²) in [6, 6.07) is 3.94. The fourth-order valence-electron chi connectivity index (χ4n) is 3.96. The molecule has 4 rings (SSSR count). The summed E-state index contributed by atoms with van der Waals surface area (Å²) in [5.74, 6) is 0.0221. The first-order valence-corrected chi connectivity index (χ1v) is 12.6. The van der Waals surface area contributed by atoms with E-state index in [9.17, 15) is 14.4 Å². The lowest BCUT2D eigenvalue weighted by Gasteiger charge is -2.35. The van der Waals surface area contributed by atoms with E-state index in [0.29, 0.717) is 56.0 Å². The minimum atomic E-state index is -0.184. The average Bonchev–Trinajstić information content (AvgIpc) is 3.47. The van der Waals surface area contributed by atoms with Crippen molar-refractivity contribution >= 4 is 44.7 Å². The second kappa shape index (κ2) is 9.93. The minimum absolute atomic E-state index is 0.0279. The predicted octanol–water partition coefficient (Wildman–Crippen LogP) is 2.20. The second-order valence-corrected chi connectivity index (χ2v) is 9.51. The molecule has 0 unspecified atom stereocenters. The molecule has 1 saturated heterocycles. The van der Waals surface area contributed by atoms with E-state index < -0.39 is 0 Å². The Morgan fingerprint density at radius 3 is 2.50 bits per heavy atom. The van der Waals surface area contributed by atoms with Crippen molar-refractivity contribution in [3.05, 3.63) is 39.6 Å². The first-order chi connectivity index (χ1) is 15.5. The summed E-state index contributed by atoms with van der Waals surface area (Å²) in [7, 11) is 0. The van der Waals surface area contributed by atoms with Crippen molar-refractivity contribution in [3.8, 4) is 10.4 Å². The maximum Gasteiger partial charge on any atom is 0.263 e. The lowest BCUT2D eigenvalue weighted by molar-refractivity contribution is -0.135. The van der Waals surface area contributed by atoms with Crippen molar-refractivity contribution in [3.63, 3.8) is 0 Å². The van der Waals surface area contributed by atoms with Crippen LogP contribution in [0.2, 0.25) is 0 Å². The minimum Gasteiger partial charge on any atom is -0.342 e. The standard InChI is InChI=1S/C22H27N5O3S2/c1-3-25(4-2)18(28)12-24-7-9-26(10-8-24)19(29)13-27-15-23-21-20(22(27)30)16(14-32-21)17-6-5-11-31-17/h5-6,11,14-15H,3-4,7-10,12-13H2,1-2H3. The molecule has 0 saturated carbocycles. The topological polar surface area (TPSA) is 78.8 Å². The van der Waals surface area contributed by atoms with E-state index in [-0.39, 0.29) is 23.9 Å². The molecule has 3 aromatic rings. The monoisotopic (exact) mass is 473 g/mol. The van der Waals surface area contributed by atoms with Gasteiger partial charge in [0.25, 0.3) is 5.56 Å². The average molecular weight is 474 g/mol. The second-order valence-electron chi connectivity index (χ2n) is 7.71. The number of likely N-dealkylation sites (N-methyl/N-ethyl adjacent to an activating group) is 1. The maximum absolute atomic E-state index is 13.1. The van der Waals surface area contributed by atoms with Gasteiger partial charge in [-0.25, -0.2) is 4.98 Å². The number of rotatable bonds is 7. The molecule has 0 aliphatic carbocycles. The van der Waals surface area contributed by atoms with E-state index in [0.717, 1.165) is 10.4 Å². The van der Waals surface area contributed by atoms with Gasteiger partial charge < -0.3 is 9.80 Å². The molecule has 3 aromatic heterocycles. The highest BCUT2D eigenvalue weighted by Crippen LogP contribution is 2.33. The number of amides is 2. The van der Waals surface area contributed by atoms with Gasteiger partial charge in [0.05, 0.1) is 18.3 Å². The van der Waals surface area contributed by atoms with E-state index in [1.54, 1.807) is 16.2 Å². The van der Waals surface area contributed by atoms with Gasteiger partial charge in [-0.15, -0.1) is 22.7 Å². The van der Waals surface area contributed by atoms with Gasteiger partial charge in [-0.2, -0.15) is 0 Å². The van der Waals surface area contributed by atoms with Crippen molar-refractivity contribution in [2.45, 2.75) is 20.4 Å². The molecule has 0 N–H and O–H groups in total. The molecule has 32 heavy (non-hydrogen) atoms. The molecule has 0 spiro atoms. The third-order valence-corrected chi connectivity index (χ3v) is 7.64. The van der Waals surface area contributed by atoms with Crippen molar-refractivity contribution in [2.75, 3.05) is 45.8 Å². The number of thiophene rings is 2. The Labute approximate surface area is 194 Å². The Bertz CT molecular complexity index is 1140. The Kier molecular flexibility index (Phi) is 7.02. The SMILES string of the molecule is CCN(CC)C(=O)CN1CCN(C(=O)Cn2cnc3scc(-c4cccs4)c3c2=O)CC1. The van der Waals surface area contributed by atoms with Gasteiger partial charge in [-0.05, 0) is 25.3 Å². The molecule has 2 amide bonds. The molecule has 1 aliphatic heterocycles. The van der Waals surface area contributed by atoms with Crippen LogP contribution in [-0.4, -0.2) is 81.9 Å². The largest absolute Gasteiger partial charge is 0.342 e. The number of aromatic nitrogens is 2. The highest BCUT2D eigenvalue weighted by atomic mass is 32.1. The third kappa shape index (κ3) is 4.62. The van der Waals surface area contributed by atoms with Crippen molar-refractivity contribution in [1.82, 2.24) is 24.3 Å². The summed E-state index contributed by atoms with van der Waals surface area (Å²) in [5, 5.41) is 4.51. The zero-order valence-electron chi connectivity index (χ0n) is 18.3. The molecular weight excluding hydrogens is 446 g/mol. The molecule has 170 valence electrons. The lowest BCUT2D eigenvalue weighted by Crippen LogP contribution is -2.52. The van der Waals surface area contributed by atoms with Crippen molar-refractivity contribution < 1.29 is 9.59 Å². The van der Waals surface area contributed by atoms with Crippen LogP contribution in [0, 0.1) is 0 Å². The normalized spacial score (nSPS) is 14.8. The van der Waals surface area contributed by atoms with Gasteiger partial charge in [0, 0.05) is 55.1 Å². The van der Waals surface area contributed by atoms with E-state index in [4.69, 9.17) is 0 Å². The summed E-state index contributed by atoms with van der Waals surface area (Å²) in [5.41, 5.74) is 0.697. The van der Waals surface area contributed by atoms with Gasteiger partial charge in [-0.3, -0.25) is 23.9 Å². The number of carbonyl (C=O) groups excluding carboxylic acids is 2. The van der Waals surface area contributed by atoms with Crippen LogP contribution in [0.15, 0.2) is 34.0 Å². The van der Waals surface area contributed by atoms with E-state index in [1.165, 1.54) is 22.2 Å². The van der Waals surface area contributed by atoms with E-state index in [1.807, 2.05) is 41.6 Å². The summed E-state index contributed by atoms with van der Waals surface area (Å²) >= 11 is 3.02. The third-order valence-electron chi connectivity index (χ3n) is 5.85. The molecule has 0 atom stereocenters. The highest BCUT2D eigenvalue weighted by molar-refractivity contribution is 7.18. The van der Waals surface area contributed by atoms with Crippen LogP contribution >= 0.6 is 22.7 Å². The van der Waals surface area contributed by atoms with Crippen molar-refractivity contribution in [2.24, 2.45) is 0 Å². The molecule has 0 bridgehead atoms. The number of fused-ring (bicyclic) bond motifs is 1. The van der Waals surface area contributed by atoms with Crippen LogP contribution in [0.3, 0.4) is 0 Å². The summed E-state index contributed by atoms with van der Waals surface area (Å²) in [6.45, 7) is 8.13. The smallest absolute Gasteiger partial charge is 0.263 e. The Balaban J connectivity index is 1.41. The zero-order valence-corrected chi connectivity index (χ0v) is 20.0. The van der Waals surface area contributed by atoms with Crippen LogP contribution in [0.4, 0.5) is 0 Å². The lowest BCUT2D eigenvalue weighted by atomic mass is 10.2. The number of nitrogens with zero attached hydrogens (tertiary/aromatic N) is 5. The Morgan fingerprint density at radius 1 is 1.09 bits per heavy atom. The Hall–Kier alpha value is -2.56. The van der Waals surface area contributed by atoms with Crippen LogP contribution in [0.5, 0.6) is 0 Å². The molecule has 10 heteroatoms. The van der Waals surface area contributed by atoms with Gasteiger partial charge in [-0.1, -0.05) is 6.07 Å². The van der Waals surface area contributed by atoms with Gasteiger partial charge >= 0.3 is 0 Å². The summed E-state index contributed by atoms with van der Waals surface area (Å²) in [4.78, 5) is 50.1. The molecule has 0 radical (unpaired) electrons. The van der Waals surface area contributed by atoms with Gasteiger partial charge in [0.1, 0.15) is 11.4 Å². The first kappa shape index (κ1) is 22.6. The molecule has 1 fully saturated rings. The van der Waals surface area contributed by atoms with Crippen LogP contribution in [0.25, 0.3) is 20.7 Å².